The highest BCUT2D eigenvalue weighted by atomic mass is 15.2. The van der Waals surface area contributed by atoms with Gasteiger partial charge in [0.05, 0.1) is 23.3 Å². The smallest absolute Gasteiger partial charge is 0.132 e. The number of dihydropyridines is 2. The molecule has 1 aromatic rings. The molecule has 9 heteroatoms. The lowest BCUT2D eigenvalue weighted by molar-refractivity contribution is 0.767. The Labute approximate surface area is 187 Å². The molecule has 0 aliphatic carbocycles. The quantitative estimate of drug-likeness (QED) is 0.332. The highest BCUT2D eigenvalue weighted by Gasteiger charge is 2.18. The third-order valence-corrected chi connectivity index (χ3v) is 4.92. The highest BCUT2D eigenvalue weighted by molar-refractivity contribution is 5.98. The van der Waals surface area contributed by atoms with Crippen molar-refractivity contribution in [1.29, 1.82) is 5.41 Å². The second-order valence-corrected chi connectivity index (χ2v) is 7.66. The van der Waals surface area contributed by atoms with Crippen LogP contribution < -0.4 is 22.1 Å². The van der Waals surface area contributed by atoms with Crippen molar-refractivity contribution in [2.75, 3.05) is 7.05 Å². The van der Waals surface area contributed by atoms with E-state index in [1.807, 2.05) is 51.5 Å². The Kier molecular flexibility index (Phi) is 6.89. The van der Waals surface area contributed by atoms with Crippen molar-refractivity contribution in [3.63, 3.8) is 0 Å². The molecular formula is C23H29N9. The fourth-order valence-corrected chi connectivity index (χ4v) is 3.17. The number of rotatable bonds is 7. The molecule has 0 unspecified atom stereocenters. The Bertz CT molecular complexity index is 1150. The van der Waals surface area contributed by atoms with Crippen molar-refractivity contribution in [2.45, 2.75) is 13.8 Å². The van der Waals surface area contributed by atoms with Crippen LogP contribution in [0, 0.1) is 11.3 Å². The van der Waals surface area contributed by atoms with Crippen LogP contribution in [0.5, 0.6) is 0 Å². The first-order valence-electron chi connectivity index (χ1n) is 10.2. The van der Waals surface area contributed by atoms with Gasteiger partial charge in [-0.15, -0.1) is 0 Å². The van der Waals surface area contributed by atoms with Gasteiger partial charge in [0.25, 0.3) is 0 Å². The number of aliphatic imine (C=N–C) groups is 2. The summed E-state index contributed by atoms with van der Waals surface area (Å²) in [6.07, 6.45) is 16.0. The fourth-order valence-electron chi connectivity index (χ4n) is 3.17. The number of amidine groups is 1. The average molecular weight is 432 g/mol. The summed E-state index contributed by atoms with van der Waals surface area (Å²) in [5.41, 5.74) is 18.1. The summed E-state index contributed by atoms with van der Waals surface area (Å²) < 4.78 is 1.70. The molecule has 32 heavy (non-hydrogen) atoms. The van der Waals surface area contributed by atoms with Crippen LogP contribution in [0.4, 0.5) is 0 Å². The van der Waals surface area contributed by atoms with Gasteiger partial charge in [0.15, 0.2) is 0 Å². The Balaban J connectivity index is 1.90. The van der Waals surface area contributed by atoms with Crippen LogP contribution in [-0.2, 0) is 7.05 Å². The molecule has 3 rings (SSSR count). The van der Waals surface area contributed by atoms with Gasteiger partial charge in [-0.1, -0.05) is 13.8 Å². The molecule has 7 N–H and O–H groups in total. The summed E-state index contributed by atoms with van der Waals surface area (Å²) in [6.45, 7) is 4.01. The molecule has 0 bridgehead atoms. The zero-order valence-electron chi connectivity index (χ0n) is 18.7. The van der Waals surface area contributed by atoms with E-state index in [4.69, 9.17) is 16.9 Å². The summed E-state index contributed by atoms with van der Waals surface area (Å²) in [6, 6.07) is 0. The number of nitrogens with one attached hydrogen (secondary N) is 3. The largest absolute Gasteiger partial charge is 0.398 e. The first-order chi connectivity index (χ1) is 15.3. The van der Waals surface area contributed by atoms with Crippen molar-refractivity contribution >= 4 is 24.0 Å². The van der Waals surface area contributed by atoms with Crippen molar-refractivity contribution in [3.8, 4) is 0 Å². The van der Waals surface area contributed by atoms with E-state index in [-0.39, 0.29) is 5.92 Å². The molecule has 0 radical (unpaired) electrons. The van der Waals surface area contributed by atoms with E-state index < -0.39 is 0 Å². The van der Waals surface area contributed by atoms with E-state index in [2.05, 4.69) is 25.7 Å². The summed E-state index contributed by atoms with van der Waals surface area (Å²) >= 11 is 0. The lowest BCUT2D eigenvalue weighted by atomic mass is 9.99. The average Bonchev–Trinajstić information content (AvgIpc) is 3.21. The first kappa shape index (κ1) is 22.5. The normalized spacial score (nSPS) is 17.5. The number of nitrogens with zero attached hydrogens (tertiary/aromatic N) is 4. The molecule has 2 aliphatic rings. The third kappa shape index (κ3) is 5.12. The van der Waals surface area contributed by atoms with Gasteiger partial charge in [0.2, 0.25) is 0 Å². The van der Waals surface area contributed by atoms with Gasteiger partial charge in [-0.3, -0.25) is 9.67 Å². The van der Waals surface area contributed by atoms with Gasteiger partial charge in [-0.2, -0.15) is 5.10 Å². The Morgan fingerprint density at radius 3 is 2.66 bits per heavy atom. The second-order valence-electron chi connectivity index (χ2n) is 7.66. The van der Waals surface area contributed by atoms with Crippen molar-refractivity contribution < 1.29 is 0 Å². The molecule has 0 amide bonds. The predicted octanol–water partition coefficient (Wildman–Crippen LogP) is 2.08. The van der Waals surface area contributed by atoms with Crippen LogP contribution in [0.3, 0.4) is 0 Å². The van der Waals surface area contributed by atoms with E-state index in [1.54, 1.807) is 30.2 Å². The van der Waals surface area contributed by atoms with E-state index in [9.17, 15) is 0 Å². The number of aromatic nitrogens is 2. The van der Waals surface area contributed by atoms with Gasteiger partial charge in [-0.05, 0) is 35.8 Å². The topological polar surface area (TPSA) is 142 Å². The zero-order chi connectivity index (χ0) is 23.3. The summed E-state index contributed by atoms with van der Waals surface area (Å²) in [5.74, 6) is 1.11. The van der Waals surface area contributed by atoms with Crippen LogP contribution in [0.1, 0.15) is 19.4 Å². The minimum absolute atomic E-state index is 0.190. The van der Waals surface area contributed by atoms with Crippen LogP contribution in [0.25, 0.3) is 5.70 Å². The number of fused-ring (bicyclic) bond motifs is 1. The number of hydrogen-bond donors (Lipinski definition) is 5. The third-order valence-electron chi connectivity index (χ3n) is 4.92. The minimum Gasteiger partial charge on any atom is -0.398 e. The highest BCUT2D eigenvalue weighted by Crippen LogP contribution is 2.26. The van der Waals surface area contributed by atoms with Gasteiger partial charge in [0.1, 0.15) is 11.7 Å². The van der Waals surface area contributed by atoms with E-state index in [0.29, 0.717) is 17.4 Å². The van der Waals surface area contributed by atoms with Crippen LogP contribution in [-0.4, -0.2) is 35.1 Å². The molecule has 0 atom stereocenters. The minimum atomic E-state index is 0.190. The Morgan fingerprint density at radius 1 is 1.25 bits per heavy atom. The summed E-state index contributed by atoms with van der Waals surface area (Å²) in [4.78, 5) is 8.62. The molecule has 1 aromatic heterocycles. The molecule has 0 saturated carbocycles. The monoisotopic (exact) mass is 431 g/mol. The molecular weight excluding hydrogens is 402 g/mol. The molecule has 2 aliphatic heterocycles. The van der Waals surface area contributed by atoms with Gasteiger partial charge in [-0.25, -0.2) is 4.99 Å². The van der Waals surface area contributed by atoms with E-state index in [0.717, 1.165) is 33.7 Å². The maximum absolute atomic E-state index is 7.52. The van der Waals surface area contributed by atoms with E-state index in [1.165, 1.54) is 6.21 Å². The maximum atomic E-state index is 7.52. The second kappa shape index (κ2) is 9.78. The fraction of sp³-hybridized carbons (Fsp3) is 0.217. The number of hydrogen-bond acceptors (Lipinski definition) is 7. The molecule has 0 aromatic carbocycles. The predicted molar refractivity (Wildman–Crippen MR) is 131 cm³/mol. The van der Waals surface area contributed by atoms with E-state index >= 15 is 0 Å². The van der Waals surface area contributed by atoms with Crippen LogP contribution >= 0.6 is 0 Å². The maximum Gasteiger partial charge on any atom is 0.132 e. The number of aryl methyl sites for hydroxylation is 1. The Morgan fingerprint density at radius 2 is 2.03 bits per heavy atom. The van der Waals surface area contributed by atoms with Gasteiger partial charge in [0, 0.05) is 55.6 Å². The van der Waals surface area contributed by atoms with Gasteiger partial charge < -0.3 is 27.5 Å². The van der Waals surface area contributed by atoms with Crippen LogP contribution in [0.2, 0.25) is 0 Å². The number of allylic oxidation sites excluding steroid dienone is 6. The van der Waals surface area contributed by atoms with Crippen LogP contribution in [0.15, 0.2) is 86.8 Å². The van der Waals surface area contributed by atoms with Gasteiger partial charge >= 0.3 is 0 Å². The van der Waals surface area contributed by atoms with Crippen molar-refractivity contribution in [3.05, 3.63) is 82.4 Å². The van der Waals surface area contributed by atoms with Crippen molar-refractivity contribution in [2.24, 2.45) is 34.4 Å². The molecule has 0 spiro atoms. The number of nitrogens with two attached hydrogens (primary N) is 2. The first-order valence-corrected chi connectivity index (χ1v) is 10.2. The lowest BCUT2D eigenvalue weighted by Gasteiger charge is -2.23. The Hall–Kier alpha value is -4.14. The molecule has 3 heterocycles. The molecule has 9 nitrogen and oxygen atoms in total. The van der Waals surface area contributed by atoms with Crippen molar-refractivity contribution in [1.82, 2.24) is 20.4 Å². The molecule has 0 fully saturated rings. The SMILES string of the molecule is CN=CC(C1=CNC2=CC=C(N=C(N)C=C(C=N)C(C)C)NC2=C1)=C(N)c1cnn(C)c1. The zero-order valence-corrected chi connectivity index (χ0v) is 18.7. The lowest BCUT2D eigenvalue weighted by Crippen LogP contribution is -2.27. The summed E-state index contributed by atoms with van der Waals surface area (Å²) in [7, 11) is 3.55. The molecule has 166 valence electrons. The summed E-state index contributed by atoms with van der Waals surface area (Å²) in [5, 5.41) is 18.3. The standard InChI is InChI=1S/C23H29N9/c1-14(2)15(9-24)8-21(25)31-22-6-5-19-20(30-22)7-16(10-28-19)18(12-27-3)23(26)17-11-29-32(4)13-17/h5-14,24,28,30H,26H2,1-4H3,(H2,25,31). The molecule has 0 saturated heterocycles.